The van der Waals surface area contributed by atoms with Gasteiger partial charge < -0.3 is 9.47 Å². The van der Waals surface area contributed by atoms with Crippen LogP contribution in [-0.4, -0.2) is 25.9 Å². The van der Waals surface area contributed by atoms with Crippen molar-refractivity contribution in [2.45, 2.75) is 31.6 Å². The van der Waals surface area contributed by atoms with Gasteiger partial charge >= 0.3 is 0 Å². The number of hydrogen-bond donors (Lipinski definition) is 0. The number of sulfonamides is 1. The molecule has 0 fully saturated rings. The molecule has 4 rings (SSSR count). The van der Waals surface area contributed by atoms with E-state index in [1.807, 2.05) is 48.5 Å². The predicted molar refractivity (Wildman–Crippen MR) is 116 cm³/mol. The van der Waals surface area contributed by atoms with Crippen molar-refractivity contribution < 1.29 is 22.3 Å². The van der Waals surface area contributed by atoms with Crippen molar-refractivity contribution in [1.29, 1.82) is 0 Å². The molecule has 0 bridgehead atoms. The quantitative estimate of drug-likeness (QED) is 0.568. The van der Waals surface area contributed by atoms with Gasteiger partial charge in [0.1, 0.15) is 18.2 Å². The van der Waals surface area contributed by atoms with Crippen LogP contribution >= 0.6 is 0 Å². The molecule has 0 atom stereocenters. The largest absolute Gasteiger partial charge is 0.492 e. The summed E-state index contributed by atoms with van der Waals surface area (Å²) in [6.07, 6.45) is 0. The van der Waals surface area contributed by atoms with Gasteiger partial charge in [-0.3, -0.25) is 0 Å². The molecular weight excluding hydrogens is 417 g/mol. The van der Waals surface area contributed by atoms with Gasteiger partial charge in [0.25, 0.3) is 0 Å². The third-order valence-electron chi connectivity index (χ3n) is 5.22. The highest BCUT2D eigenvalue weighted by Gasteiger charge is 2.28. The van der Waals surface area contributed by atoms with E-state index in [9.17, 15) is 12.8 Å². The summed E-state index contributed by atoms with van der Waals surface area (Å²) < 4.78 is 52.9. The van der Waals surface area contributed by atoms with Crippen molar-refractivity contribution >= 4 is 10.0 Å². The van der Waals surface area contributed by atoms with Gasteiger partial charge in [0.15, 0.2) is 0 Å². The molecule has 5 nitrogen and oxygen atoms in total. The van der Waals surface area contributed by atoms with E-state index >= 15 is 0 Å². The third kappa shape index (κ3) is 4.95. The minimum Gasteiger partial charge on any atom is -0.492 e. The summed E-state index contributed by atoms with van der Waals surface area (Å²) in [5, 5.41) is 0. The molecule has 31 heavy (non-hydrogen) atoms. The minimum atomic E-state index is -3.78. The Balaban J connectivity index is 1.50. The first-order valence-corrected chi connectivity index (χ1v) is 11.5. The number of halogens is 1. The van der Waals surface area contributed by atoms with Crippen molar-refractivity contribution in [3.63, 3.8) is 0 Å². The molecule has 1 aliphatic heterocycles. The maximum Gasteiger partial charge on any atom is 0.243 e. The van der Waals surface area contributed by atoms with Gasteiger partial charge in [-0.05, 0) is 53.9 Å². The highest BCUT2D eigenvalue weighted by Crippen LogP contribution is 2.28. The lowest BCUT2D eigenvalue weighted by atomic mass is 10.1. The van der Waals surface area contributed by atoms with Crippen molar-refractivity contribution in [2.24, 2.45) is 0 Å². The Hall–Kier alpha value is -2.74. The molecule has 0 unspecified atom stereocenters. The molecule has 162 valence electrons. The number of rotatable bonds is 6. The number of benzene rings is 3. The van der Waals surface area contributed by atoms with Crippen LogP contribution < -0.4 is 4.74 Å². The van der Waals surface area contributed by atoms with E-state index in [0.717, 1.165) is 16.7 Å². The molecule has 0 amide bonds. The average molecular weight is 442 g/mol. The van der Waals surface area contributed by atoms with Crippen LogP contribution in [0.3, 0.4) is 0 Å². The lowest BCUT2D eigenvalue weighted by Crippen LogP contribution is -2.32. The zero-order valence-electron chi connectivity index (χ0n) is 17.3. The van der Waals surface area contributed by atoms with Crippen LogP contribution in [0.4, 0.5) is 4.39 Å². The minimum absolute atomic E-state index is 0.0807. The first kappa shape index (κ1) is 21.5. The summed E-state index contributed by atoms with van der Waals surface area (Å²) in [6, 6.07) is 19.5. The standard InChI is InChI=1S/C24H24FNO4S/c1-18-13-22(8-9-23(18)25)31(27,28)26-11-12-30-24-10-7-20(14-21(24)15-26)17-29-16-19-5-3-2-4-6-19/h2-10,13-14H,11-12,15-17H2,1H3. The Labute approximate surface area is 182 Å². The molecule has 0 saturated carbocycles. The fourth-order valence-electron chi connectivity index (χ4n) is 3.51. The summed E-state index contributed by atoms with van der Waals surface area (Å²) in [5.41, 5.74) is 3.11. The van der Waals surface area contributed by atoms with Crippen LogP contribution in [0.2, 0.25) is 0 Å². The maximum absolute atomic E-state index is 13.6. The normalized spacial score (nSPS) is 14.5. The SMILES string of the molecule is Cc1cc(S(=O)(=O)N2CCOc3ccc(COCc4ccccc4)cc3C2)ccc1F. The maximum atomic E-state index is 13.6. The van der Waals surface area contributed by atoms with E-state index in [4.69, 9.17) is 9.47 Å². The second-order valence-corrected chi connectivity index (χ2v) is 9.46. The number of ether oxygens (including phenoxy) is 2. The molecule has 7 heteroatoms. The second-order valence-electron chi connectivity index (χ2n) is 7.52. The first-order valence-electron chi connectivity index (χ1n) is 10.1. The monoisotopic (exact) mass is 441 g/mol. The zero-order valence-corrected chi connectivity index (χ0v) is 18.1. The Morgan fingerprint density at radius 1 is 1.00 bits per heavy atom. The van der Waals surface area contributed by atoms with Gasteiger partial charge in [-0.25, -0.2) is 12.8 Å². The molecule has 0 N–H and O–H groups in total. The van der Waals surface area contributed by atoms with Gasteiger partial charge in [0.2, 0.25) is 10.0 Å². The Kier molecular flexibility index (Phi) is 6.36. The number of aryl methyl sites for hydroxylation is 1. The summed E-state index contributed by atoms with van der Waals surface area (Å²) in [6.45, 7) is 3.10. The van der Waals surface area contributed by atoms with Crippen LogP contribution in [-0.2, 0) is 34.5 Å². The molecular formula is C24H24FNO4S. The van der Waals surface area contributed by atoms with Gasteiger partial charge in [-0.15, -0.1) is 0 Å². The third-order valence-corrected chi connectivity index (χ3v) is 7.06. The van der Waals surface area contributed by atoms with Gasteiger partial charge in [-0.1, -0.05) is 36.4 Å². The van der Waals surface area contributed by atoms with E-state index in [0.29, 0.717) is 24.5 Å². The van der Waals surface area contributed by atoms with Crippen molar-refractivity contribution in [2.75, 3.05) is 13.2 Å². The molecule has 1 heterocycles. The van der Waals surface area contributed by atoms with Gasteiger partial charge in [0, 0.05) is 18.7 Å². The second kappa shape index (κ2) is 9.18. The fraction of sp³-hybridized carbons (Fsp3) is 0.250. The van der Waals surface area contributed by atoms with E-state index < -0.39 is 15.8 Å². The van der Waals surface area contributed by atoms with Crippen LogP contribution in [0.1, 0.15) is 22.3 Å². The zero-order chi connectivity index (χ0) is 21.8. The molecule has 3 aromatic rings. The van der Waals surface area contributed by atoms with E-state index in [2.05, 4.69) is 0 Å². The van der Waals surface area contributed by atoms with Crippen LogP contribution in [0, 0.1) is 12.7 Å². The summed E-state index contributed by atoms with van der Waals surface area (Å²) in [7, 11) is -3.78. The smallest absolute Gasteiger partial charge is 0.243 e. The lowest BCUT2D eigenvalue weighted by Gasteiger charge is -2.20. The predicted octanol–water partition coefficient (Wildman–Crippen LogP) is 4.43. The van der Waals surface area contributed by atoms with E-state index in [1.165, 1.54) is 22.5 Å². The van der Waals surface area contributed by atoms with Crippen LogP contribution in [0.25, 0.3) is 0 Å². The number of hydrogen-bond acceptors (Lipinski definition) is 4. The fourth-order valence-corrected chi connectivity index (χ4v) is 4.99. The Morgan fingerprint density at radius 3 is 2.55 bits per heavy atom. The van der Waals surface area contributed by atoms with Crippen molar-refractivity contribution in [3.05, 3.63) is 94.8 Å². The molecule has 0 aliphatic carbocycles. The van der Waals surface area contributed by atoms with E-state index in [-0.39, 0.29) is 24.6 Å². The number of nitrogens with zero attached hydrogens (tertiary/aromatic N) is 1. The van der Waals surface area contributed by atoms with Gasteiger partial charge in [-0.2, -0.15) is 4.31 Å². The lowest BCUT2D eigenvalue weighted by molar-refractivity contribution is 0.107. The van der Waals surface area contributed by atoms with Crippen molar-refractivity contribution in [1.82, 2.24) is 4.31 Å². The molecule has 3 aromatic carbocycles. The Bertz CT molecular complexity index is 1170. The first-order chi connectivity index (χ1) is 14.9. The van der Waals surface area contributed by atoms with Gasteiger partial charge in [0.05, 0.1) is 18.1 Å². The summed E-state index contributed by atoms with van der Waals surface area (Å²) >= 11 is 0. The average Bonchev–Trinajstić information content (AvgIpc) is 2.99. The molecule has 1 aliphatic rings. The highest BCUT2D eigenvalue weighted by molar-refractivity contribution is 7.89. The summed E-state index contributed by atoms with van der Waals surface area (Å²) in [4.78, 5) is 0.0807. The highest BCUT2D eigenvalue weighted by atomic mass is 32.2. The Morgan fingerprint density at radius 2 is 1.77 bits per heavy atom. The molecule has 0 aromatic heterocycles. The van der Waals surface area contributed by atoms with E-state index in [1.54, 1.807) is 6.92 Å². The molecule has 0 saturated heterocycles. The molecule has 0 spiro atoms. The van der Waals surface area contributed by atoms with Crippen molar-refractivity contribution in [3.8, 4) is 5.75 Å². The van der Waals surface area contributed by atoms with Crippen LogP contribution in [0.15, 0.2) is 71.6 Å². The van der Waals surface area contributed by atoms with Crippen LogP contribution in [0.5, 0.6) is 5.75 Å². The molecule has 0 radical (unpaired) electrons. The summed E-state index contributed by atoms with van der Waals surface area (Å²) in [5.74, 6) is 0.239. The number of fused-ring (bicyclic) bond motifs is 1. The topological polar surface area (TPSA) is 55.8 Å².